The van der Waals surface area contributed by atoms with Gasteiger partial charge in [-0.2, -0.15) is 0 Å². The first-order chi connectivity index (χ1) is 8.31. The molecule has 0 bridgehead atoms. The van der Waals surface area contributed by atoms with Gasteiger partial charge < -0.3 is 15.0 Å². The monoisotopic (exact) mass is 240 g/mol. The summed E-state index contributed by atoms with van der Waals surface area (Å²) in [6.45, 7) is 7.08. The van der Waals surface area contributed by atoms with E-state index in [1.165, 1.54) is 25.7 Å². The van der Waals surface area contributed by atoms with E-state index in [1.807, 2.05) is 0 Å². The maximum Gasteiger partial charge on any atom is 0.0593 e. The largest absolute Gasteiger partial charge is 0.380 e. The van der Waals surface area contributed by atoms with Crippen molar-refractivity contribution < 1.29 is 4.74 Å². The van der Waals surface area contributed by atoms with Gasteiger partial charge in [-0.15, -0.1) is 0 Å². The van der Waals surface area contributed by atoms with E-state index in [2.05, 4.69) is 24.2 Å². The first-order valence-electron chi connectivity index (χ1n) is 7.31. The molecule has 0 aromatic rings. The number of likely N-dealkylation sites (N-methyl/N-ethyl adjacent to an activating group) is 1. The molecule has 3 nitrogen and oxygen atoms in total. The van der Waals surface area contributed by atoms with E-state index in [4.69, 9.17) is 4.74 Å². The van der Waals surface area contributed by atoms with Crippen molar-refractivity contribution in [2.24, 2.45) is 11.8 Å². The maximum atomic E-state index is 5.37. The summed E-state index contributed by atoms with van der Waals surface area (Å²) in [5.74, 6) is 2.02. The number of hydrogen-bond acceptors (Lipinski definition) is 3. The molecule has 0 radical (unpaired) electrons. The van der Waals surface area contributed by atoms with Gasteiger partial charge in [-0.3, -0.25) is 0 Å². The standard InChI is InChI=1S/C14H28N2O/c1-3-17-11-10-16(2)9-8-15-14(12-4-5-12)13-6-7-13/h12-15H,3-11H2,1-2H3. The molecule has 2 rings (SSSR count). The summed E-state index contributed by atoms with van der Waals surface area (Å²) in [6.07, 6.45) is 5.87. The van der Waals surface area contributed by atoms with E-state index >= 15 is 0 Å². The third kappa shape index (κ3) is 4.94. The van der Waals surface area contributed by atoms with Crippen LogP contribution < -0.4 is 5.32 Å². The second-order valence-corrected chi connectivity index (χ2v) is 5.65. The van der Waals surface area contributed by atoms with Crippen molar-refractivity contribution in [2.45, 2.75) is 38.6 Å². The van der Waals surface area contributed by atoms with Gasteiger partial charge in [0.05, 0.1) is 6.61 Å². The van der Waals surface area contributed by atoms with E-state index in [-0.39, 0.29) is 0 Å². The molecule has 2 saturated carbocycles. The van der Waals surface area contributed by atoms with Crippen molar-refractivity contribution in [1.29, 1.82) is 0 Å². The first kappa shape index (κ1) is 13.3. The Morgan fingerprint density at radius 1 is 1.18 bits per heavy atom. The van der Waals surface area contributed by atoms with E-state index < -0.39 is 0 Å². The summed E-state index contributed by atoms with van der Waals surface area (Å²) >= 11 is 0. The minimum absolute atomic E-state index is 0.831. The third-order valence-electron chi connectivity index (χ3n) is 3.95. The van der Waals surface area contributed by atoms with Crippen molar-refractivity contribution in [3.63, 3.8) is 0 Å². The van der Waals surface area contributed by atoms with Crippen LogP contribution in [-0.4, -0.2) is 50.8 Å². The quantitative estimate of drug-likeness (QED) is 0.589. The van der Waals surface area contributed by atoms with Gasteiger partial charge in [0.2, 0.25) is 0 Å². The lowest BCUT2D eigenvalue weighted by molar-refractivity contribution is 0.122. The van der Waals surface area contributed by atoms with Crippen LogP contribution in [0.25, 0.3) is 0 Å². The predicted octanol–water partition coefficient (Wildman–Crippen LogP) is 1.73. The van der Waals surface area contributed by atoms with E-state index in [9.17, 15) is 0 Å². The Kier molecular flexibility index (Phi) is 5.26. The Bertz CT molecular complexity index is 202. The molecule has 100 valence electrons. The van der Waals surface area contributed by atoms with Crippen LogP contribution in [0.5, 0.6) is 0 Å². The molecule has 0 aliphatic heterocycles. The highest BCUT2D eigenvalue weighted by molar-refractivity contribution is 4.96. The summed E-state index contributed by atoms with van der Waals surface area (Å²) in [7, 11) is 2.18. The zero-order valence-corrected chi connectivity index (χ0v) is 11.5. The van der Waals surface area contributed by atoms with Crippen molar-refractivity contribution in [1.82, 2.24) is 10.2 Å². The van der Waals surface area contributed by atoms with E-state index in [0.29, 0.717) is 0 Å². The Morgan fingerprint density at radius 3 is 2.35 bits per heavy atom. The summed E-state index contributed by atoms with van der Waals surface area (Å²) < 4.78 is 5.37. The normalized spacial score (nSPS) is 20.5. The minimum Gasteiger partial charge on any atom is -0.380 e. The highest BCUT2D eigenvalue weighted by Gasteiger charge is 2.40. The molecule has 0 amide bonds. The molecule has 2 aliphatic rings. The fourth-order valence-corrected chi connectivity index (χ4v) is 2.53. The summed E-state index contributed by atoms with van der Waals surface area (Å²) in [4.78, 5) is 2.36. The van der Waals surface area contributed by atoms with Gasteiger partial charge in [0.25, 0.3) is 0 Å². The zero-order chi connectivity index (χ0) is 12.1. The zero-order valence-electron chi connectivity index (χ0n) is 11.5. The molecular weight excluding hydrogens is 212 g/mol. The van der Waals surface area contributed by atoms with Gasteiger partial charge in [0.15, 0.2) is 0 Å². The van der Waals surface area contributed by atoms with Crippen LogP contribution in [0.1, 0.15) is 32.6 Å². The molecule has 2 aliphatic carbocycles. The summed E-state index contributed by atoms with van der Waals surface area (Å²) in [5.41, 5.74) is 0. The Balaban J connectivity index is 1.51. The van der Waals surface area contributed by atoms with Crippen LogP contribution in [0, 0.1) is 11.8 Å². The van der Waals surface area contributed by atoms with Gasteiger partial charge in [-0.1, -0.05) is 0 Å². The molecule has 1 N–H and O–H groups in total. The fraction of sp³-hybridized carbons (Fsp3) is 1.00. The molecule has 3 heteroatoms. The highest BCUT2D eigenvalue weighted by atomic mass is 16.5. The molecule has 0 unspecified atom stereocenters. The number of ether oxygens (including phenoxy) is 1. The van der Waals surface area contributed by atoms with Crippen LogP contribution in [0.4, 0.5) is 0 Å². The lowest BCUT2D eigenvalue weighted by atomic mass is 10.1. The fourth-order valence-electron chi connectivity index (χ4n) is 2.53. The van der Waals surface area contributed by atoms with Gasteiger partial charge in [0, 0.05) is 32.3 Å². The summed E-state index contributed by atoms with van der Waals surface area (Å²) in [6, 6.07) is 0.843. The molecule has 0 saturated heterocycles. The molecule has 0 aromatic heterocycles. The molecule has 2 fully saturated rings. The van der Waals surface area contributed by atoms with Gasteiger partial charge in [-0.05, 0) is 51.5 Å². The van der Waals surface area contributed by atoms with Crippen molar-refractivity contribution in [3.05, 3.63) is 0 Å². The Morgan fingerprint density at radius 2 is 1.82 bits per heavy atom. The number of nitrogens with one attached hydrogen (secondary N) is 1. The molecular formula is C14H28N2O. The topological polar surface area (TPSA) is 24.5 Å². The molecule has 0 heterocycles. The first-order valence-corrected chi connectivity index (χ1v) is 7.31. The molecule has 0 atom stereocenters. The average molecular weight is 240 g/mol. The van der Waals surface area contributed by atoms with Crippen LogP contribution >= 0.6 is 0 Å². The van der Waals surface area contributed by atoms with E-state index in [1.54, 1.807) is 0 Å². The second kappa shape index (κ2) is 6.72. The Hall–Kier alpha value is -0.120. The average Bonchev–Trinajstić information content (AvgIpc) is 3.16. The molecule has 0 aromatic carbocycles. The Labute approximate surface area is 106 Å². The van der Waals surface area contributed by atoms with Crippen LogP contribution in [0.3, 0.4) is 0 Å². The number of rotatable bonds is 10. The minimum atomic E-state index is 0.831. The van der Waals surface area contributed by atoms with Gasteiger partial charge in [-0.25, -0.2) is 0 Å². The van der Waals surface area contributed by atoms with Gasteiger partial charge in [0.1, 0.15) is 0 Å². The number of nitrogens with zero attached hydrogens (tertiary/aromatic N) is 1. The van der Waals surface area contributed by atoms with Crippen molar-refractivity contribution in [3.8, 4) is 0 Å². The SMILES string of the molecule is CCOCCN(C)CCNC(C1CC1)C1CC1. The lowest BCUT2D eigenvalue weighted by Gasteiger charge is -2.21. The highest BCUT2D eigenvalue weighted by Crippen LogP contribution is 2.44. The van der Waals surface area contributed by atoms with Crippen LogP contribution in [-0.2, 0) is 4.74 Å². The predicted molar refractivity (Wildman–Crippen MR) is 71.2 cm³/mol. The molecule has 0 spiro atoms. The number of hydrogen-bond donors (Lipinski definition) is 1. The second-order valence-electron chi connectivity index (χ2n) is 5.65. The lowest BCUT2D eigenvalue weighted by Crippen LogP contribution is -2.39. The maximum absolute atomic E-state index is 5.37. The van der Waals surface area contributed by atoms with Gasteiger partial charge >= 0.3 is 0 Å². The summed E-state index contributed by atoms with van der Waals surface area (Å²) in [5, 5.41) is 3.78. The van der Waals surface area contributed by atoms with Crippen LogP contribution in [0.15, 0.2) is 0 Å². The van der Waals surface area contributed by atoms with Crippen LogP contribution in [0.2, 0.25) is 0 Å². The molecule has 17 heavy (non-hydrogen) atoms. The third-order valence-corrected chi connectivity index (χ3v) is 3.95. The van der Waals surface area contributed by atoms with Crippen molar-refractivity contribution >= 4 is 0 Å². The van der Waals surface area contributed by atoms with E-state index in [0.717, 1.165) is 50.7 Å². The van der Waals surface area contributed by atoms with Crippen molar-refractivity contribution in [2.75, 3.05) is 39.9 Å². The smallest absolute Gasteiger partial charge is 0.0593 e.